The number of thiazole rings is 1. The van der Waals surface area contributed by atoms with Crippen molar-refractivity contribution in [3.05, 3.63) is 36.0 Å². The standard InChI is InChI=1S/C20H25N5OS/c1-14(2)13-17(26)23-9-11-24(12-10-23)20-21-19-18(27-20)15(3)22-25(19)16-7-5-4-6-8-16/h4-8,14H,9-13H2,1-3H3. The van der Waals surface area contributed by atoms with Crippen LogP contribution < -0.4 is 4.90 Å². The van der Waals surface area contributed by atoms with Crippen LogP contribution in [0.3, 0.4) is 0 Å². The van der Waals surface area contributed by atoms with Crippen LogP contribution in [0.4, 0.5) is 5.13 Å². The molecular weight excluding hydrogens is 358 g/mol. The maximum Gasteiger partial charge on any atom is 0.222 e. The lowest BCUT2D eigenvalue weighted by Crippen LogP contribution is -2.49. The predicted molar refractivity (Wildman–Crippen MR) is 110 cm³/mol. The maximum atomic E-state index is 12.3. The van der Waals surface area contributed by atoms with Crippen LogP contribution in [0.5, 0.6) is 0 Å². The number of anilines is 1. The van der Waals surface area contributed by atoms with Crippen LogP contribution in [0.1, 0.15) is 26.0 Å². The Balaban J connectivity index is 1.53. The number of rotatable bonds is 4. The van der Waals surface area contributed by atoms with Gasteiger partial charge in [-0.1, -0.05) is 43.4 Å². The highest BCUT2D eigenvalue weighted by Crippen LogP contribution is 2.33. The number of carbonyl (C=O) groups is 1. The Kier molecular flexibility index (Phi) is 4.86. The van der Waals surface area contributed by atoms with Crippen LogP contribution in [0.15, 0.2) is 30.3 Å². The molecule has 27 heavy (non-hydrogen) atoms. The number of aromatic nitrogens is 3. The van der Waals surface area contributed by atoms with Crippen molar-refractivity contribution in [2.75, 3.05) is 31.1 Å². The molecular formula is C20H25N5OS. The van der Waals surface area contributed by atoms with E-state index in [4.69, 9.17) is 4.98 Å². The summed E-state index contributed by atoms with van der Waals surface area (Å²) < 4.78 is 3.06. The average molecular weight is 384 g/mol. The second-order valence-corrected chi connectivity index (χ2v) is 8.43. The van der Waals surface area contributed by atoms with Crippen molar-refractivity contribution in [3.63, 3.8) is 0 Å². The summed E-state index contributed by atoms with van der Waals surface area (Å²) in [6, 6.07) is 10.1. The van der Waals surface area contributed by atoms with E-state index in [1.807, 2.05) is 46.8 Å². The van der Waals surface area contributed by atoms with Gasteiger partial charge < -0.3 is 9.80 Å². The Morgan fingerprint density at radius 2 is 1.85 bits per heavy atom. The summed E-state index contributed by atoms with van der Waals surface area (Å²) in [7, 11) is 0. The second kappa shape index (κ2) is 7.31. The largest absolute Gasteiger partial charge is 0.344 e. The molecule has 1 fully saturated rings. The van der Waals surface area contributed by atoms with Crippen molar-refractivity contribution in [3.8, 4) is 5.69 Å². The first kappa shape index (κ1) is 18.0. The molecule has 7 heteroatoms. The maximum absolute atomic E-state index is 12.3. The van der Waals surface area contributed by atoms with Gasteiger partial charge in [-0.2, -0.15) is 10.1 Å². The number of para-hydroxylation sites is 1. The fourth-order valence-corrected chi connectivity index (χ4v) is 4.47. The van der Waals surface area contributed by atoms with E-state index >= 15 is 0 Å². The smallest absolute Gasteiger partial charge is 0.222 e. The number of hydrogen-bond acceptors (Lipinski definition) is 5. The minimum absolute atomic E-state index is 0.268. The van der Waals surface area contributed by atoms with Crippen molar-refractivity contribution < 1.29 is 4.79 Å². The highest BCUT2D eigenvalue weighted by Gasteiger charge is 2.25. The van der Waals surface area contributed by atoms with Gasteiger partial charge in [-0.15, -0.1) is 0 Å². The molecule has 6 nitrogen and oxygen atoms in total. The summed E-state index contributed by atoms with van der Waals surface area (Å²) in [5.74, 6) is 0.674. The molecule has 0 bridgehead atoms. The summed E-state index contributed by atoms with van der Waals surface area (Å²) in [5.41, 5.74) is 2.94. The van der Waals surface area contributed by atoms with Crippen LogP contribution in [0.25, 0.3) is 16.0 Å². The molecule has 0 N–H and O–H groups in total. The zero-order valence-corrected chi connectivity index (χ0v) is 16.9. The topological polar surface area (TPSA) is 54.3 Å². The summed E-state index contributed by atoms with van der Waals surface area (Å²) in [5, 5.41) is 5.68. The van der Waals surface area contributed by atoms with E-state index in [2.05, 4.69) is 23.8 Å². The molecule has 0 atom stereocenters. The van der Waals surface area contributed by atoms with Crippen molar-refractivity contribution in [1.82, 2.24) is 19.7 Å². The van der Waals surface area contributed by atoms with E-state index < -0.39 is 0 Å². The Morgan fingerprint density at radius 3 is 2.52 bits per heavy atom. The number of nitrogens with zero attached hydrogens (tertiary/aromatic N) is 5. The molecule has 2 aromatic heterocycles. The Bertz CT molecular complexity index is 938. The lowest BCUT2D eigenvalue weighted by molar-refractivity contribution is -0.132. The summed E-state index contributed by atoms with van der Waals surface area (Å²) in [4.78, 5) is 21.5. The molecule has 0 aliphatic carbocycles. The fraction of sp³-hybridized carbons (Fsp3) is 0.450. The molecule has 0 unspecified atom stereocenters. The van der Waals surface area contributed by atoms with Crippen molar-refractivity contribution in [2.45, 2.75) is 27.2 Å². The molecule has 3 aromatic rings. The summed E-state index contributed by atoms with van der Waals surface area (Å²) >= 11 is 1.69. The molecule has 142 valence electrons. The van der Waals surface area contributed by atoms with Gasteiger partial charge in [0.1, 0.15) is 0 Å². The molecule has 1 amide bonds. The Hall–Kier alpha value is -2.41. The van der Waals surface area contributed by atoms with Gasteiger partial charge in [-0.3, -0.25) is 4.79 Å². The van der Waals surface area contributed by atoms with Crippen LogP contribution in [0, 0.1) is 12.8 Å². The van der Waals surface area contributed by atoms with Gasteiger partial charge >= 0.3 is 0 Å². The van der Waals surface area contributed by atoms with Gasteiger partial charge in [-0.05, 0) is 25.0 Å². The highest BCUT2D eigenvalue weighted by molar-refractivity contribution is 7.22. The molecule has 0 spiro atoms. The first-order valence-corrected chi connectivity index (χ1v) is 10.3. The third-order valence-electron chi connectivity index (χ3n) is 4.86. The molecule has 0 radical (unpaired) electrons. The second-order valence-electron chi connectivity index (χ2n) is 7.45. The van der Waals surface area contributed by atoms with Gasteiger partial charge in [0.2, 0.25) is 5.91 Å². The lowest BCUT2D eigenvalue weighted by atomic mass is 10.1. The lowest BCUT2D eigenvalue weighted by Gasteiger charge is -2.34. The van der Waals surface area contributed by atoms with Gasteiger partial charge in [0.25, 0.3) is 0 Å². The van der Waals surface area contributed by atoms with Crippen LogP contribution in [-0.4, -0.2) is 51.8 Å². The number of benzene rings is 1. The first-order chi connectivity index (χ1) is 13.0. The minimum atomic E-state index is 0.268. The Labute approximate surface area is 163 Å². The molecule has 1 aliphatic heterocycles. The molecule has 1 aromatic carbocycles. The number of fused-ring (bicyclic) bond motifs is 1. The van der Waals surface area contributed by atoms with E-state index in [-0.39, 0.29) is 5.91 Å². The summed E-state index contributed by atoms with van der Waals surface area (Å²) in [6.07, 6.45) is 0.632. The van der Waals surface area contributed by atoms with Crippen LogP contribution in [-0.2, 0) is 4.79 Å². The highest BCUT2D eigenvalue weighted by atomic mass is 32.1. The average Bonchev–Trinajstić information content (AvgIpc) is 3.23. The van der Waals surface area contributed by atoms with Crippen LogP contribution >= 0.6 is 11.3 Å². The number of amides is 1. The molecule has 1 saturated heterocycles. The Morgan fingerprint density at radius 1 is 1.15 bits per heavy atom. The third kappa shape index (κ3) is 3.56. The summed E-state index contributed by atoms with van der Waals surface area (Å²) in [6.45, 7) is 9.42. The molecule has 0 saturated carbocycles. The third-order valence-corrected chi connectivity index (χ3v) is 6.08. The van der Waals surface area contributed by atoms with Crippen molar-refractivity contribution >= 4 is 32.7 Å². The normalized spacial score (nSPS) is 15.1. The van der Waals surface area contributed by atoms with Crippen LogP contribution in [0.2, 0.25) is 0 Å². The van der Waals surface area contributed by atoms with Crippen molar-refractivity contribution in [1.29, 1.82) is 0 Å². The van der Waals surface area contributed by atoms with Gasteiger partial charge in [0, 0.05) is 32.6 Å². The van der Waals surface area contributed by atoms with Gasteiger partial charge in [-0.25, -0.2) is 4.68 Å². The first-order valence-electron chi connectivity index (χ1n) is 9.47. The molecule has 1 aliphatic rings. The molecule has 3 heterocycles. The monoisotopic (exact) mass is 383 g/mol. The number of piperazine rings is 1. The van der Waals surface area contributed by atoms with E-state index in [0.717, 1.165) is 53.0 Å². The van der Waals surface area contributed by atoms with Crippen molar-refractivity contribution in [2.24, 2.45) is 5.92 Å². The van der Waals surface area contributed by atoms with E-state index in [9.17, 15) is 4.79 Å². The number of carbonyl (C=O) groups excluding carboxylic acids is 1. The zero-order valence-electron chi connectivity index (χ0n) is 16.1. The van der Waals surface area contributed by atoms with E-state index in [0.29, 0.717) is 12.3 Å². The zero-order chi connectivity index (χ0) is 19.0. The number of hydrogen-bond donors (Lipinski definition) is 0. The van der Waals surface area contributed by atoms with E-state index in [1.165, 1.54) is 0 Å². The van der Waals surface area contributed by atoms with Gasteiger partial charge in [0.15, 0.2) is 10.8 Å². The quantitative estimate of drug-likeness (QED) is 0.692. The molecule has 4 rings (SSSR count). The predicted octanol–water partition coefficient (Wildman–Crippen LogP) is 3.49. The fourth-order valence-electron chi connectivity index (χ4n) is 3.43. The van der Waals surface area contributed by atoms with Gasteiger partial charge in [0.05, 0.1) is 16.1 Å². The minimum Gasteiger partial charge on any atom is -0.344 e. The number of aryl methyl sites for hydroxylation is 1. The van der Waals surface area contributed by atoms with E-state index in [1.54, 1.807) is 11.3 Å². The SMILES string of the molecule is Cc1nn(-c2ccccc2)c2nc(N3CCN(C(=O)CC(C)C)CC3)sc12.